The molecule has 1 rings (SSSR count). The monoisotopic (exact) mass is 335 g/mol. The minimum Gasteiger partial charge on any atom is -0.478 e. The van der Waals surface area contributed by atoms with Crippen molar-refractivity contribution >= 4 is 39.0 Å². The lowest BCUT2D eigenvalue weighted by Crippen LogP contribution is -2.11. The molecule has 1 aromatic carbocycles. The number of rotatable bonds is 6. The molecule has 7 heteroatoms. The van der Waals surface area contributed by atoms with E-state index in [4.69, 9.17) is 16.3 Å². The van der Waals surface area contributed by atoms with Crippen LogP contribution in [0.1, 0.15) is 19.8 Å². The third kappa shape index (κ3) is 3.96. The molecule has 0 saturated heterocycles. The summed E-state index contributed by atoms with van der Waals surface area (Å²) < 4.78 is 5.55. The number of ketones is 1. The first-order valence-electron chi connectivity index (χ1n) is 5.23. The summed E-state index contributed by atoms with van der Waals surface area (Å²) in [7, 11) is 0. The second kappa shape index (κ2) is 6.70. The Balaban J connectivity index is 2.93. The maximum atomic E-state index is 11.3. The lowest BCUT2D eigenvalue weighted by molar-refractivity contribution is -0.385. The molecule has 0 N–H and O–H groups in total. The first-order valence-corrected chi connectivity index (χ1v) is 6.40. The fourth-order valence-corrected chi connectivity index (χ4v) is 2.24. The lowest BCUT2D eigenvalue weighted by atomic mass is 10.2. The van der Waals surface area contributed by atoms with Crippen molar-refractivity contribution in [3.05, 3.63) is 31.7 Å². The topological polar surface area (TPSA) is 69.4 Å². The van der Waals surface area contributed by atoms with Crippen molar-refractivity contribution in [1.82, 2.24) is 0 Å². The number of hydrogen-bond donors (Lipinski definition) is 0. The van der Waals surface area contributed by atoms with Crippen molar-refractivity contribution < 1.29 is 14.5 Å². The molecule has 0 unspecified atom stereocenters. The van der Waals surface area contributed by atoms with Gasteiger partial charge in [-0.05, 0) is 28.4 Å². The number of ether oxygens (including phenoxy) is 1. The van der Waals surface area contributed by atoms with Crippen LogP contribution in [0.25, 0.3) is 0 Å². The molecule has 0 heterocycles. The summed E-state index contributed by atoms with van der Waals surface area (Å²) in [6, 6.07) is 2.67. The Morgan fingerprint density at radius 3 is 2.78 bits per heavy atom. The average molecular weight is 337 g/mol. The first kappa shape index (κ1) is 14.9. The zero-order valence-corrected chi connectivity index (χ0v) is 12.0. The molecule has 1 aromatic rings. The highest BCUT2D eigenvalue weighted by atomic mass is 79.9. The molecule has 0 amide bonds. The maximum absolute atomic E-state index is 11.3. The second-order valence-electron chi connectivity index (χ2n) is 3.57. The van der Waals surface area contributed by atoms with Gasteiger partial charge in [0.2, 0.25) is 5.75 Å². The number of nitro groups is 1. The normalized spacial score (nSPS) is 10.2. The Bertz CT molecular complexity index is 478. The standard InChI is InChI=1S/C11H11BrClNO4/c1-2-3-8(15)6-18-11-9(12)4-7(13)5-10(11)14(16)17/h4-5H,2-3,6H2,1H3. The number of hydrogen-bond acceptors (Lipinski definition) is 4. The molecular formula is C11H11BrClNO4. The number of nitrogens with zero attached hydrogens (tertiary/aromatic N) is 1. The van der Waals surface area contributed by atoms with E-state index in [-0.39, 0.29) is 28.8 Å². The van der Waals surface area contributed by atoms with Crippen molar-refractivity contribution in [1.29, 1.82) is 0 Å². The summed E-state index contributed by atoms with van der Waals surface area (Å²) in [4.78, 5) is 21.6. The van der Waals surface area contributed by atoms with Gasteiger partial charge >= 0.3 is 5.69 Å². The summed E-state index contributed by atoms with van der Waals surface area (Å²) in [5, 5.41) is 11.1. The lowest BCUT2D eigenvalue weighted by Gasteiger charge is -2.08. The van der Waals surface area contributed by atoms with E-state index >= 15 is 0 Å². The summed E-state index contributed by atoms with van der Waals surface area (Å²) in [5.74, 6) is -0.0810. The predicted octanol–water partition coefficient (Wildman–Crippen LogP) is 3.76. The van der Waals surface area contributed by atoms with Gasteiger partial charge in [0.1, 0.15) is 6.61 Å². The van der Waals surface area contributed by atoms with Crippen LogP contribution in [0, 0.1) is 10.1 Å². The minimum absolute atomic E-state index is 0.0221. The van der Waals surface area contributed by atoms with Crippen molar-refractivity contribution in [3.63, 3.8) is 0 Å². The van der Waals surface area contributed by atoms with E-state index < -0.39 is 4.92 Å². The fraction of sp³-hybridized carbons (Fsp3) is 0.364. The molecule has 98 valence electrons. The smallest absolute Gasteiger partial charge is 0.313 e. The third-order valence-electron chi connectivity index (χ3n) is 2.09. The summed E-state index contributed by atoms with van der Waals surface area (Å²) in [6.07, 6.45) is 1.10. The van der Waals surface area contributed by atoms with Crippen LogP contribution >= 0.6 is 27.5 Å². The van der Waals surface area contributed by atoms with E-state index in [1.807, 2.05) is 6.92 Å². The Hall–Kier alpha value is -1.14. The van der Waals surface area contributed by atoms with Crippen LogP contribution in [-0.4, -0.2) is 17.3 Å². The summed E-state index contributed by atoms with van der Waals surface area (Å²) >= 11 is 8.85. The van der Waals surface area contributed by atoms with E-state index in [1.165, 1.54) is 12.1 Å². The van der Waals surface area contributed by atoms with Crippen LogP contribution in [0.3, 0.4) is 0 Å². The zero-order chi connectivity index (χ0) is 13.7. The Morgan fingerprint density at radius 2 is 2.22 bits per heavy atom. The Labute approximate surface area is 117 Å². The molecule has 0 aliphatic rings. The van der Waals surface area contributed by atoms with Crippen LogP contribution < -0.4 is 4.74 Å². The predicted molar refractivity (Wildman–Crippen MR) is 71.2 cm³/mol. The van der Waals surface area contributed by atoms with Gasteiger partial charge in [-0.15, -0.1) is 0 Å². The van der Waals surface area contributed by atoms with Crippen LogP contribution in [0.15, 0.2) is 16.6 Å². The molecular weight excluding hydrogens is 325 g/mol. The van der Waals surface area contributed by atoms with Gasteiger partial charge in [-0.2, -0.15) is 0 Å². The van der Waals surface area contributed by atoms with Gasteiger partial charge in [-0.25, -0.2) is 0 Å². The van der Waals surface area contributed by atoms with Crippen molar-refractivity contribution in [2.24, 2.45) is 0 Å². The third-order valence-corrected chi connectivity index (χ3v) is 2.90. The summed E-state index contributed by atoms with van der Waals surface area (Å²) in [6.45, 7) is 1.69. The van der Waals surface area contributed by atoms with Crippen LogP contribution in [0.5, 0.6) is 5.75 Å². The van der Waals surface area contributed by atoms with Gasteiger partial charge < -0.3 is 4.74 Å². The molecule has 0 aliphatic heterocycles. The molecule has 0 aromatic heterocycles. The Kier molecular flexibility index (Phi) is 5.55. The quantitative estimate of drug-likeness (QED) is 0.586. The highest BCUT2D eigenvalue weighted by Crippen LogP contribution is 2.37. The molecule has 0 atom stereocenters. The van der Waals surface area contributed by atoms with Gasteiger partial charge in [0.15, 0.2) is 5.78 Å². The van der Waals surface area contributed by atoms with Gasteiger partial charge in [0.25, 0.3) is 0 Å². The fourth-order valence-electron chi connectivity index (χ4n) is 1.33. The van der Waals surface area contributed by atoms with E-state index in [2.05, 4.69) is 15.9 Å². The molecule has 0 bridgehead atoms. The van der Waals surface area contributed by atoms with Crippen LogP contribution in [0.2, 0.25) is 5.02 Å². The molecule has 0 aliphatic carbocycles. The molecule has 5 nitrogen and oxygen atoms in total. The second-order valence-corrected chi connectivity index (χ2v) is 4.86. The van der Waals surface area contributed by atoms with Crippen molar-refractivity contribution in [2.75, 3.05) is 6.61 Å². The highest BCUT2D eigenvalue weighted by molar-refractivity contribution is 9.10. The average Bonchev–Trinajstić information content (AvgIpc) is 2.27. The highest BCUT2D eigenvalue weighted by Gasteiger charge is 2.20. The summed E-state index contributed by atoms with van der Waals surface area (Å²) in [5.41, 5.74) is -0.265. The molecule has 18 heavy (non-hydrogen) atoms. The van der Waals surface area contributed by atoms with Gasteiger partial charge in [0, 0.05) is 17.5 Å². The van der Waals surface area contributed by atoms with Gasteiger partial charge in [0.05, 0.1) is 9.40 Å². The number of carbonyl (C=O) groups excluding carboxylic acids is 1. The number of nitro benzene ring substituents is 1. The molecule has 0 spiro atoms. The first-order chi connectivity index (χ1) is 8.45. The van der Waals surface area contributed by atoms with Crippen LogP contribution in [-0.2, 0) is 4.79 Å². The number of benzene rings is 1. The molecule has 0 radical (unpaired) electrons. The van der Waals surface area contributed by atoms with Crippen molar-refractivity contribution in [2.45, 2.75) is 19.8 Å². The number of carbonyl (C=O) groups is 1. The number of Topliss-reactive ketones (excluding diaryl/α,β-unsaturated/α-hetero) is 1. The van der Waals surface area contributed by atoms with E-state index in [0.717, 1.165) is 0 Å². The van der Waals surface area contributed by atoms with E-state index in [1.54, 1.807) is 0 Å². The van der Waals surface area contributed by atoms with Gasteiger partial charge in [-0.3, -0.25) is 14.9 Å². The zero-order valence-electron chi connectivity index (χ0n) is 9.61. The maximum Gasteiger partial charge on any atom is 0.313 e. The van der Waals surface area contributed by atoms with E-state index in [9.17, 15) is 14.9 Å². The molecule has 0 saturated carbocycles. The number of halogens is 2. The minimum atomic E-state index is -0.601. The SMILES string of the molecule is CCCC(=O)COc1c(Br)cc(Cl)cc1[N+](=O)[O-]. The van der Waals surface area contributed by atoms with Crippen molar-refractivity contribution in [3.8, 4) is 5.75 Å². The largest absolute Gasteiger partial charge is 0.478 e. The van der Waals surface area contributed by atoms with E-state index in [0.29, 0.717) is 17.3 Å². The molecule has 0 fully saturated rings. The van der Waals surface area contributed by atoms with Crippen LogP contribution in [0.4, 0.5) is 5.69 Å². The Morgan fingerprint density at radius 1 is 1.56 bits per heavy atom. The van der Waals surface area contributed by atoms with Gasteiger partial charge in [-0.1, -0.05) is 18.5 Å².